The number of hydrogen-bond donors (Lipinski definition) is 1. The van der Waals surface area contributed by atoms with Gasteiger partial charge in [0.25, 0.3) is 0 Å². The first-order valence-corrected chi connectivity index (χ1v) is 6.32. The molecule has 0 spiro atoms. The molecule has 0 saturated heterocycles. The van der Waals surface area contributed by atoms with Gasteiger partial charge in [-0.05, 0) is 36.1 Å². The molecule has 0 aliphatic rings. The van der Waals surface area contributed by atoms with E-state index in [0.29, 0.717) is 5.92 Å². The van der Waals surface area contributed by atoms with Gasteiger partial charge in [0, 0.05) is 17.6 Å². The van der Waals surface area contributed by atoms with Gasteiger partial charge in [-0.1, -0.05) is 32.4 Å². The zero-order valence-electron chi connectivity index (χ0n) is 10.6. The topological polar surface area (TPSA) is 38.9 Å². The Morgan fingerprint density at radius 2 is 2.12 bits per heavy atom. The van der Waals surface area contributed by atoms with Gasteiger partial charge in [-0.25, -0.2) is 0 Å². The number of pyridine rings is 1. The average molecular weight is 228 g/mol. The van der Waals surface area contributed by atoms with Crippen LogP contribution in [0, 0.1) is 5.92 Å². The van der Waals surface area contributed by atoms with E-state index in [4.69, 9.17) is 5.73 Å². The van der Waals surface area contributed by atoms with Crippen molar-refractivity contribution in [3.8, 4) is 0 Å². The summed E-state index contributed by atoms with van der Waals surface area (Å²) in [5.74, 6) is 0.522. The van der Waals surface area contributed by atoms with Crippen molar-refractivity contribution in [1.29, 1.82) is 0 Å². The quantitative estimate of drug-likeness (QED) is 0.867. The summed E-state index contributed by atoms with van der Waals surface area (Å²) in [6.45, 7) is 4.43. The van der Waals surface area contributed by atoms with Gasteiger partial charge in [0.05, 0.1) is 5.52 Å². The second-order valence-electron chi connectivity index (χ2n) is 4.75. The Bertz CT molecular complexity index is 493. The molecule has 90 valence electrons. The van der Waals surface area contributed by atoms with Gasteiger partial charge < -0.3 is 5.73 Å². The van der Waals surface area contributed by atoms with Crippen molar-refractivity contribution in [3.05, 3.63) is 42.1 Å². The molecular weight excluding hydrogens is 208 g/mol. The molecule has 2 unspecified atom stereocenters. The molecule has 0 saturated carbocycles. The van der Waals surface area contributed by atoms with Gasteiger partial charge >= 0.3 is 0 Å². The number of benzene rings is 1. The Morgan fingerprint density at radius 1 is 1.29 bits per heavy atom. The van der Waals surface area contributed by atoms with Crippen LogP contribution in [0.4, 0.5) is 0 Å². The molecule has 0 bridgehead atoms. The molecule has 0 radical (unpaired) electrons. The molecule has 0 fully saturated rings. The highest BCUT2D eigenvalue weighted by Crippen LogP contribution is 2.25. The van der Waals surface area contributed by atoms with Crippen molar-refractivity contribution >= 4 is 10.9 Å². The lowest BCUT2D eigenvalue weighted by Gasteiger charge is -2.20. The minimum absolute atomic E-state index is 0.125. The molecule has 2 N–H and O–H groups in total. The molecule has 0 aliphatic heterocycles. The fraction of sp³-hybridized carbons (Fsp3) is 0.400. The highest BCUT2D eigenvalue weighted by Gasteiger charge is 2.14. The van der Waals surface area contributed by atoms with Crippen molar-refractivity contribution in [2.45, 2.75) is 32.7 Å². The smallest absolute Gasteiger partial charge is 0.0702 e. The monoisotopic (exact) mass is 228 g/mol. The minimum atomic E-state index is 0.125. The zero-order chi connectivity index (χ0) is 12.3. The highest BCUT2D eigenvalue weighted by molar-refractivity contribution is 5.79. The summed E-state index contributed by atoms with van der Waals surface area (Å²) in [4.78, 5) is 4.32. The maximum absolute atomic E-state index is 6.30. The van der Waals surface area contributed by atoms with Crippen molar-refractivity contribution in [2.75, 3.05) is 0 Å². The van der Waals surface area contributed by atoms with Crippen LogP contribution < -0.4 is 5.73 Å². The van der Waals surface area contributed by atoms with E-state index in [1.165, 1.54) is 23.8 Å². The third kappa shape index (κ3) is 2.64. The first kappa shape index (κ1) is 12.1. The van der Waals surface area contributed by atoms with Crippen LogP contribution in [0.15, 0.2) is 36.5 Å². The van der Waals surface area contributed by atoms with Crippen LogP contribution in [0.5, 0.6) is 0 Å². The van der Waals surface area contributed by atoms with E-state index < -0.39 is 0 Å². The summed E-state index contributed by atoms with van der Waals surface area (Å²) in [6.07, 6.45) is 4.18. The fourth-order valence-corrected chi connectivity index (χ4v) is 2.26. The second-order valence-corrected chi connectivity index (χ2v) is 4.75. The minimum Gasteiger partial charge on any atom is -0.324 e. The SMILES string of the molecule is CCCC(C)C(N)c1ccc2ncccc2c1. The number of fused-ring (bicyclic) bond motifs is 1. The Morgan fingerprint density at radius 3 is 2.88 bits per heavy atom. The Labute approximate surface area is 103 Å². The van der Waals surface area contributed by atoms with E-state index in [-0.39, 0.29) is 6.04 Å². The van der Waals surface area contributed by atoms with Crippen LogP contribution in [0.1, 0.15) is 38.3 Å². The third-order valence-corrected chi connectivity index (χ3v) is 3.37. The maximum atomic E-state index is 6.30. The van der Waals surface area contributed by atoms with E-state index in [0.717, 1.165) is 5.52 Å². The molecule has 0 amide bonds. The molecule has 2 aromatic rings. The van der Waals surface area contributed by atoms with Crippen LogP contribution >= 0.6 is 0 Å². The number of nitrogens with two attached hydrogens (primary N) is 1. The van der Waals surface area contributed by atoms with Gasteiger partial charge in [0.1, 0.15) is 0 Å². The molecule has 2 atom stereocenters. The molecule has 0 aliphatic carbocycles. The summed E-state index contributed by atoms with van der Waals surface area (Å²) in [6, 6.07) is 10.5. The molecule has 1 heterocycles. The Balaban J connectivity index is 2.29. The van der Waals surface area contributed by atoms with E-state index in [1.54, 1.807) is 0 Å². The van der Waals surface area contributed by atoms with E-state index >= 15 is 0 Å². The molecular formula is C15H20N2. The van der Waals surface area contributed by atoms with E-state index in [1.807, 2.05) is 12.3 Å². The summed E-state index contributed by atoms with van der Waals surface area (Å²) in [7, 11) is 0. The lowest BCUT2D eigenvalue weighted by molar-refractivity contribution is 0.434. The summed E-state index contributed by atoms with van der Waals surface area (Å²) in [5, 5.41) is 1.17. The van der Waals surface area contributed by atoms with E-state index in [2.05, 4.69) is 43.1 Å². The standard InChI is InChI=1S/C15H20N2/c1-3-5-11(2)15(16)13-7-8-14-12(10-13)6-4-9-17-14/h4,6-11,15H,3,5,16H2,1-2H3. The molecule has 1 aromatic carbocycles. The van der Waals surface area contributed by atoms with Gasteiger partial charge in [0.15, 0.2) is 0 Å². The van der Waals surface area contributed by atoms with Crippen molar-refractivity contribution in [1.82, 2.24) is 4.98 Å². The van der Waals surface area contributed by atoms with Crippen molar-refractivity contribution in [2.24, 2.45) is 11.7 Å². The van der Waals surface area contributed by atoms with Crippen LogP contribution in [0.3, 0.4) is 0 Å². The van der Waals surface area contributed by atoms with Crippen LogP contribution in [0.2, 0.25) is 0 Å². The lowest BCUT2D eigenvalue weighted by Crippen LogP contribution is -2.18. The van der Waals surface area contributed by atoms with Crippen LogP contribution in [-0.4, -0.2) is 4.98 Å². The third-order valence-electron chi connectivity index (χ3n) is 3.37. The predicted octanol–water partition coefficient (Wildman–Crippen LogP) is 3.67. The maximum Gasteiger partial charge on any atom is 0.0702 e. The van der Waals surface area contributed by atoms with Gasteiger partial charge in [-0.3, -0.25) is 4.98 Å². The highest BCUT2D eigenvalue weighted by atomic mass is 14.7. The zero-order valence-corrected chi connectivity index (χ0v) is 10.6. The Hall–Kier alpha value is -1.41. The number of rotatable bonds is 4. The van der Waals surface area contributed by atoms with Crippen molar-refractivity contribution in [3.63, 3.8) is 0 Å². The number of hydrogen-bond acceptors (Lipinski definition) is 2. The molecule has 1 aromatic heterocycles. The summed E-state index contributed by atoms with van der Waals surface area (Å²) in [5.41, 5.74) is 8.54. The van der Waals surface area contributed by atoms with Crippen molar-refractivity contribution < 1.29 is 0 Å². The molecule has 17 heavy (non-hydrogen) atoms. The first-order valence-electron chi connectivity index (χ1n) is 6.32. The fourth-order valence-electron chi connectivity index (χ4n) is 2.26. The average Bonchev–Trinajstić information content (AvgIpc) is 2.37. The van der Waals surface area contributed by atoms with Crippen LogP contribution in [0.25, 0.3) is 10.9 Å². The first-order chi connectivity index (χ1) is 8.22. The molecule has 2 heteroatoms. The largest absolute Gasteiger partial charge is 0.324 e. The number of aromatic nitrogens is 1. The second kappa shape index (κ2) is 5.28. The molecule has 2 nitrogen and oxygen atoms in total. The summed E-state index contributed by atoms with van der Waals surface area (Å²) >= 11 is 0. The van der Waals surface area contributed by atoms with Gasteiger partial charge in [-0.2, -0.15) is 0 Å². The normalized spacial score (nSPS) is 14.8. The summed E-state index contributed by atoms with van der Waals surface area (Å²) < 4.78 is 0. The lowest BCUT2D eigenvalue weighted by atomic mass is 9.91. The number of nitrogens with zero attached hydrogens (tertiary/aromatic N) is 1. The van der Waals surface area contributed by atoms with Gasteiger partial charge in [0.2, 0.25) is 0 Å². The Kier molecular flexibility index (Phi) is 3.75. The van der Waals surface area contributed by atoms with E-state index in [9.17, 15) is 0 Å². The predicted molar refractivity (Wildman–Crippen MR) is 72.7 cm³/mol. The van der Waals surface area contributed by atoms with Gasteiger partial charge in [-0.15, -0.1) is 0 Å². The molecule has 2 rings (SSSR count). The van der Waals surface area contributed by atoms with Crippen LogP contribution in [-0.2, 0) is 0 Å².